The molecule has 0 aliphatic carbocycles. The lowest BCUT2D eigenvalue weighted by atomic mass is 9.89. The maximum atomic E-state index is 10.4. The standard InChI is InChI=1S/C17H20ClNO3/c1-17(16(20)11-19,12-6-5-7-13(18)10-12)22-15-9-4-3-8-14(15)21-2/h3-10,16,20H,11,19H2,1-2H3. The summed E-state index contributed by atoms with van der Waals surface area (Å²) in [6.45, 7) is 1.83. The van der Waals surface area contributed by atoms with Crippen molar-refractivity contribution in [3.8, 4) is 11.5 Å². The van der Waals surface area contributed by atoms with E-state index in [0.29, 0.717) is 16.5 Å². The van der Waals surface area contributed by atoms with Crippen molar-refractivity contribution in [1.29, 1.82) is 0 Å². The number of methoxy groups -OCH3 is 1. The minimum absolute atomic E-state index is 0.0537. The van der Waals surface area contributed by atoms with Gasteiger partial charge in [0.2, 0.25) is 0 Å². The van der Waals surface area contributed by atoms with E-state index >= 15 is 0 Å². The molecule has 118 valence electrons. The van der Waals surface area contributed by atoms with Crippen LogP contribution < -0.4 is 15.2 Å². The summed E-state index contributed by atoms with van der Waals surface area (Å²) in [6.07, 6.45) is -0.907. The molecule has 22 heavy (non-hydrogen) atoms. The van der Waals surface area contributed by atoms with Gasteiger partial charge in [-0.3, -0.25) is 0 Å². The van der Waals surface area contributed by atoms with E-state index in [0.717, 1.165) is 5.56 Å². The van der Waals surface area contributed by atoms with E-state index in [1.165, 1.54) is 0 Å². The van der Waals surface area contributed by atoms with Crippen LogP contribution in [0.3, 0.4) is 0 Å². The highest BCUT2D eigenvalue weighted by Crippen LogP contribution is 2.36. The lowest BCUT2D eigenvalue weighted by Crippen LogP contribution is -2.46. The summed E-state index contributed by atoms with van der Waals surface area (Å²) in [7, 11) is 1.57. The summed E-state index contributed by atoms with van der Waals surface area (Å²) in [4.78, 5) is 0. The van der Waals surface area contributed by atoms with Crippen molar-refractivity contribution in [3.63, 3.8) is 0 Å². The third-order valence-corrected chi connectivity index (χ3v) is 3.88. The molecule has 0 saturated carbocycles. The van der Waals surface area contributed by atoms with Crippen LogP contribution in [0.5, 0.6) is 11.5 Å². The molecule has 0 aliphatic heterocycles. The van der Waals surface area contributed by atoms with Crippen LogP contribution in [0.15, 0.2) is 48.5 Å². The molecular weight excluding hydrogens is 302 g/mol. The Morgan fingerprint density at radius 3 is 2.45 bits per heavy atom. The highest BCUT2D eigenvalue weighted by Gasteiger charge is 2.37. The van der Waals surface area contributed by atoms with Crippen molar-refractivity contribution in [3.05, 3.63) is 59.1 Å². The van der Waals surface area contributed by atoms with E-state index in [-0.39, 0.29) is 6.54 Å². The second kappa shape index (κ2) is 7.01. The van der Waals surface area contributed by atoms with Crippen LogP contribution in [0, 0.1) is 0 Å². The third-order valence-electron chi connectivity index (χ3n) is 3.65. The average Bonchev–Trinajstić information content (AvgIpc) is 2.54. The van der Waals surface area contributed by atoms with Crippen LogP contribution in [0.1, 0.15) is 12.5 Å². The van der Waals surface area contributed by atoms with Crippen molar-refractivity contribution in [2.45, 2.75) is 18.6 Å². The minimum atomic E-state index is -1.05. The van der Waals surface area contributed by atoms with E-state index in [1.54, 1.807) is 38.3 Å². The van der Waals surface area contributed by atoms with E-state index in [1.807, 2.05) is 24.3 Å². The number of benzene rings is 2. The molecule has 0 saturated heterocycles. The second-order valence-corrected chi connectivity index (χ2v) is 5.56. The molecule has 2 aromatic rings. The molecule has 3 N–H and O–H groups in total. The SMILES string of the molecule is COc1ccccc1OC(C)(c1cccc(Cl)c1)C(O)CN. The maximum absolute atomic E-state index is 10.4. The van der Waals surface area contributed by atoms with Gasteiger partial charge < -0.3 is 20.3 Å². The monoisotopic (exact) mass is 321 g/mol. The number of rotatable bonds is 6. The van der Waals surface area contributed by atoms with Crippen molar-refractivity contribution in [2.24, 2.45) is 5.73 Å². The van der Waals surface area contributed by atoms with Gasteiger partial charge in [-0.2, -0.15) is 0 Å². The van der Waals surface area contributed by atoms with E-state index < -0.39 is 11.7 Å². The molecule has 5 heteroatoms. The number of halogens is 1. The minimum Gasteiger partial charge on any atom is -0.493 e. The van der Waals surface area contributed by atoms with Crippen molar-refractivity contribution < 1.29 is 14.6 Å². The summed E-state index contributed by atoms with van der Waals surface area (Å²) in [5, 5.41) is 11.0. The van der Waals surface area contributed by atoms with Crippen molar-refractivity contribution in [2.75, 3.05) is 13.7 Å². The maximum Gasteiger partial charge on any atom is 0.162 e. The van der Waals surface area contributed by atoms with Crippen LogP contribution in [0.25, 0.3) is 0 Å². The Labute approximate surface area is 135 Å². The van der Waals surface area contributed by atoms with Gasteiger partial charge in [0, 0.05) is 11.6 Å². The number of hydrogen-bond acceptors (Lipinski definition) is 4. The summed E-state index contributed by atoms with van der Waals surface area (Å²) in [5.41, 5.74) is 5.36. The Kier molecular flexibility index (Phi) is 5.29. The first-order valence-corrected chi connectivity index (χ1v) is 7.35. The summed E-state index contributed by atoms with van der Waals surface area (Å²) >= 11 is 6.07. The Balaban J connectivity index is 2.46. The molecule has 0 aromatic heterocycles. The van der Waals surface area contributed by atoms with Crippen LogP contribution in [0.4, 0.5) is 0 Å². The molecule has 0 bridgehead atoms. The fraction of sp³-hybridized carbons (Fsp3) is 0.294. The highest BCUT2D eigenvalue weighted by molar-refractivity contribution is 6.30. The van der Waals surface area contributed by atoms with Gasteiger partial charge in [-0.1, -0.05) is 35.9 Å². The normalized spacial score (nSPS) is 15.0. The average molecular weight is 322 g/mol. The fourth-order valence-corrected chi connectivity index (χ4v) is 2.46. The lowest BCUT2D eigenvalue weighted by molar-refractivity contribution is -0.0422. The van der Waals surface area contributed by atoms with Gasteiger partial charge in [-0.25, -0.2) is 0 Å². The zero-order valence-electron chi connectivity index (χ0n) is 12.6. The number of nitrogens with two attached hydrogens (primary N) is 1. The molecule has 0 aliphatic rings. The van der Waals surface area contributed by atoms with Gasteiger partial charge in [-0.05, 0) is 36.8 Å². The van der Waals surface area contributed by atoms with Gasteiger partial charge >= 0.3 is 0 Å². The molecule has 0 radical (unpaired) electrons. The molecular formula is C17H20ClNO3. The van der Waals surface area contributed by atoms with Crippen LogP contribution in [-0.2, 0) is 5.60 Å². The lowest BCUT2D eigenvalue weighted by Gasteiger charge is -2.35. The van der Waals surface area contributed by atoms with Crippen molar-refractivity contribution in [1.82, 2.24) is 0 Å². The molecule has 0 fully saturated rings. The Morgan fingerprint density at radius 1 is 1.18 bits per heavy atom. The van der Waals surface area contributed by atoms with Gasteiger partial charge in [0.25, 0.3) is 0 Å². The Hall–Kier alpha value is -1.75. The third kappa shape index (κ3) is 3.35. The zero-order valence-corrected chi connectivity index (χ0v) is 13.4. The highest BCUT2D eigenvalue weighted by atomic mass is 35.5. The van der Waals surface area contributed by atoms with Crippen molar-refractivity contribution >= 4 is 11.6 Å². The molecule has 0 amide bonds. The quantitative estimate of drug-likeness (QED) is 0.858. The molecule has 2 aromatic carbocycles. The largest absolute Gasteiger partial charge is 0.493 e. The fourth-order valence-electron chi connectivity index (χ4n) is 2.27. The predicted octanol–water partition coefficient (Wildman–Crippen LogP) is 2.96. The van der Waals surface area contributed by atoms with Gasteiger partial charge in [0.05, 0.1) is 7.11 Å². The first-order chi connectivity index (χ1) is 10.5. The van der Waals surface area contributed by atoms with Crippen LogP contribution in [0.2, 0.25) is 5.02 Å². The number of hydrogen-bond donors (Lipinski definition) is 2. The van der Waals surface area contributed by atoms with E-state index in [9.17, 15) is 5.11 Å². The molecule has 0 heterocycles. The van der Waals surface area contributed by atoms with Gasteiger partial charge in [0.15, 0.2) is 17.1 Å². The summed E-state index contributed by atoms with van der Waals surface area (Å²) in [5.74, 6) is 1.11. The summed E-state index contributed by atoms with van der Waals surface area (Å²) < 4.78 is 11.4. The molecule has 4 nitrogen and oxygen atoms in total. The molecule has 2 unspecified atom stereocenters. The van der Waals surface area contributed by atoms with E-state index in [2.05, 4.69) is 0 Å². The van der Waals surface area contributed by atoms with Gasteiger partial charge in [-0.15, -0.1) is 0 Å². The van der Waals surface area contributed by atoms with Crippen LogP contribution >= 0.6 is 11.6 Å². The molecule has 0 spiro atoms. The van der Waals surface area contributed by atoms with E-state index in [4.69, 9.17) is 26.8 Å². The molecule has 2 atom stereocenters. The first kappa shape index (κ1) is 16.6. The Morgan fingerprint density at radius 2 is 1.86 bits per heavy atom. The number of para-hydroxylation sites is 2. The van der Waals surface area contributed by atoms with Gasteiger partial charge in [0.1, 0.15) is 6.10 Å². The zero-order chi connectivity index (χ0) is 16.2. The molecule has 2 rings (SSSR count). The topological polar surface area (TPSA) is 64.7 Å². The summed E-state index contributed by atoms with van der Waals surface area (Å²) in [6, 6.07) is 14.4. The number of ether oxygens (including phenoxy) is 2. The number of aliphatic hydroxyl groups is 1. The smallest absolute Gasteiger partial charge is 0.162 e. The second-order valence-electron chi connectivity index (χ2n) is 5.12. The number of aliphatic hydroxyl groups excluding tert-OH is 1. The van der Waals surface area contributed by atoms with Crippen LogP contribution in [-0.4, -0.2) is 24.9 Å². The first-order valence-electron chi connectivity index (χ1n) is 6.97. The Bertz CT molecular complexity index is 635. The predicted molar refractivity (Wildman–Crippen MR) is 87.5 cm³/mol.